The molecule has 0 aromatic heterocycles. The van der Waals surface area contributed by atoms with Gasteiger partial charge in [0, 0.05) is 24.6 Å². The van der Waals surface area contributed by atoms with Crippen molar-refractivity contribution in [3.8, 4) is 0 Å². The van der Waals surface area contributed by atoms with Gasteiger partial charge < -0.3 is 19.9 Å². The van der Waals surface area contributed by atoms with Crippen LogP contribution in [0.15, 0.2) is 60.7 Å². The third kappa shape index (κ3) is 6.02. The van der Waals surface area contributed by atoms with Crippen molar-refractivity contribution in [1.29, 1.82) is 0 Å². The lowest BCUT2D eigenvalue weighted by Crippen LogP contribution is -2.55. The SMILES string of the molecule is CN1C(=O)[C@](C)(CCCCNC(=O)OCc2ccccc2)N(C(=O)c2ccccc2)[C@H]1C(C)(C)C. The summed E-state index contributed by atoms with van der Waals surface area (Å²) in [4.78, 5) is 42.6. The van der Waals surface area contributed by atoms with Crippen LogP contribution in [-0.4, -0.2) is 53.0 Å². The van der Waals surface area contributed by atoms with Gasteiger partial charge in [-0.15, -0.1) is 0 Å². The van der Waals surface area contributed by atoms with E-state index in [1.807, 2.05) is 76.2 Å². The first kappa shape index (κ1) is 26.3. The summed E-state index contributed by atoms with van der Waals surface area (Å²) < 4.78 is 5.24. The maximum Gasteiger partial charge on any atom is 0.407 e. The van der Waals surface area contributed by atoms with Crippen LogP contribution >= 0.6 is 0 Å². The third-order valence-electron chi connectivity index (χ3n) is 6.51. The van der Waals surface area contributed by atoms with E-state index in [-0.39, 0.29) is 30.0 Å². The second kappa shape index (κ2) is 10.9. The molecular weight excluding hydrogens is 442 g/mol. The average Bonchev–Trinajstić information content (AvgIpc) is 3.04. The molecule has 2 atom stereocenters. The Bertz CT molecular complexity index is 1020. The first-order chi connectivity index (χ1) is 16.6. The molecule has 0 saturated carbocycles. The summed E-state index contributed by atoms with van der Waals surface area (Å²) >= 11 is 0. The zero-order valence-corrected chi connectivity index (χ0v) is 21.4. The number of likely N-dealkylation sites (N-methyl/N-ethyl adjacent to an activating group) is 1. The van der Waals surface area contributed by atoms with Gasteiger partial charge in [0.1, 0.15) is 18.3 Å². The standard InChI is InChI=1S/C28H37N3O4/c1-27(2,3)24-30(5)25(33)28(4,31(24)23(32)22-16-10-7-11-17-22)18-12-13-19-29-26(34)35-20-21-14-8-6-9-15-21/h6-11,14-17,24H,12-13,18-20H2,1-5H3,(H,29,34)/t24-,28-/m0/s1. The maximum absolute atomic E-state index is 13.7. The third-order valence-corrected chi connectivity index (χ3v) is 6.51. The fourth-order valence-corrected chi connectivity index (χ4v) is 4.85. The van der Waals surface area contributed by atoms with Crippen LogP contribution in [0.25, 0.3) is 0 Å². The molecule has 1 N–H and O–H groups in total. The molecule has 7 nitrogen and oxygen atoms in total. The zero-order chi connectivity index (χ0) is 25.6. The predicted molar refractivity (Wildman–Crippen MR) is 136 cm³/mol. The van der Waals surface area contributed by atoms with E-state index in [1.165, 1.54) is 0 Å². The fourth-order valence-electron chi connectivity index (χ4n) is 4.85. The van der Waals surface area contributed by atoms with E-state index in [9.17, 15) is 14.4 Å². The van der Waals surface area contributed by atoms with Gasteiger partial charge in [0.25, 0.3) is 5.91 Å². The van der Waals surface area contributed by atoms with Crippen LogP contribution < -0.4 is 5.32 Å². The molecule has 1 aliphatic rings. The van der Waals surface area contributed by atoms with Gasteiger partial charge in [-0.25, -0.2) is 4.79 Å². The highest BCUT2D eigenvalue weighted by atomic mass is 16.5. The van der Waals surface area contributed by atoms with Crippen molar-refractivity contribution in [2.75, 3.05) is 13.6 Å². The molecule has 1 saturated heterocycles. The second-order valence-electron chi connectivity index (χ2n) is 10.4. The number of nitrogens with one attached hydrogen (secondary N) is 1. The minimum absolute atomic E-state index is 0.0584. The van der Waals surface area contributed by atoms with Gasteiger partial charge in [0.15, 0.2) is 0 Å². The van der Waals surface area contributed by atoms with Crippen molar-refractivity contribution in [2.45, 2.75) is 65.3 Å². The minimum Gasteiger partial charge on any atom is -0.445 e. The summed E-state index contributed by atoms with van der Waals surface area (Å²) in [6.45, 7) is 8.65. The predicted octanol–water partition coefficient (Wildman–Crippen LogP) is 4.83. The lowest BCUT2D eigenvalue weighted by molar-refractivity contribution is -0.133. The Balaban J connectivity index is 1.62. The van der Waals surface area contributed by atoms with E-state index < -0.39 is 11.6 Å². The number of unbranched alkanes of at least 4 members (excludes halogenated alkanes) is 1. The number of benzene rings is 2. The molecule has 7 heteroatoms. The van der Waals surface area contributed by atoms with Gasteiger partial charge in [0.2, 0.25) is 5.91 Å². The highest BCUT2D eigenvalue weighted by molar-refractivity contribution is 6.01. The summed E-state index contributed by atoms with van der Waals surface area (Å²) in [6, 6.07) is 18.6. The number of nitrogens with zero attached hydrogens (tertiary/aromatic N) is 2. The van der Waals surface area contributed by atoms with Gasteiger partial charge in [-0.2, -0.15) is 0 Å². The van der Waals surface area contributed by atoms with Crippen LogP contribution in [-0.2, 0) is 16.1 Å². The molecule has 2 aromatic rings. The van der Waals surface area contributed by atoms with E-state index in [2.05, 4.69) is 5.32 Å². The Kier molecular flexibility index (Phi) is 8.20. The van der Waals surface area contributed by atoms with Crippen molar-refractivity contribution in [2.24, 2.45) is 5.41 Å². The summed E-state index contributed by atoms with van der Waals surface area (Å²) in [5.41, 5.74) is 0.208. The van der Waals surface area contributed by atoms with E-state index in [0.717, 1.165) is 5.56 Å². The van der Waals surface area contributed by atoms with Crippen LogP contribution in [0.2, 0.25) is 0 Å². The van der Waals surface area contributed by atoms with E-state index in [1.54, 1.807) is 29.0 Å². The highest BCUT2D eigenvalue weighted by Gasteiger charge is 2.57. The number of hydrogen-bond donors (Lipinski definition) is 1. The fraction of sp³-hybridized carbons (Fsp3) is 0.464. The molecule has 0 aliphatic carbocycles. The lowest BCUT2D eigenvalue weighted by Gasteiger charge is -2.42. The molecule has 0 bridgehead atoms. The van der Waals surface area contributed by atoms with Crippen molar-refractivity contribution in [3.05, 3.63) is 71.8 Å². The highest BCUT2D eigenvalue weighted by Crippen LogP contribution is 2.42. The van der Waals surface area contributed by atoms with Gasteiger partial charge in [-0.05, 0) is 43.9 Å². The van der Waals surface area contributed by atoms with Crippen molar-refractivity contribution < 1.29 is 19.1 Å². The number of carbonyl (C=O) groups is 3. The molecule has 0 radical (unpaired) electrons. The molecular formula is C28H37N3O4. The van der Waals surface area contributed by atoms with Gasteiger partial charge in [0.05, 0.1) is 0 Å². The summed E-state index contributed by atoms with van der Waals surface area (Å²) in [6.07, 6.45) is 1.01. The smallest absolute Gasteiger partial charge is 0.407 e. The molecule has 1 aliphatic heterocycles. The first-order valence-electron chi connectivity index (χ1n) is 12.2. The van der Waals surface area contributed by atoms with Crippen molar-refractivity contribution >= 4 is 17.9 Å². The molecule has 0 unspecified atom stereocenters. The number of ether oxygens (including phenoxy) is 1. The zero-order valence-electron chi connectivity index (χ0n) is 21.4. The number of amides is 3. The molecule has 188 valence electrons. The second-order valence-corrected chi connectivity index (χ2v) is 10.4. The van der Waals surface area contributed by atoms with Crippen LogP contribution in [0.1, 0.15) is 62.9 Å². The van der Waals surface area contributed by atoms with E-state index in [4.69, 9.17) is 4.74 Å². The molecule has 35 heavy (non-hydrogen) atoms. The monoisotopic (exact) mass is 479 g/mol. The molecule has 3 rings (SSSR count). The summed E-state index contributed by atoms with van der Waals surface area (Å²) in [7, 11) is 1.78. The Hall–Kier alpha value is -3.35. The molecule has 3 amide bonds. The molecule has 1 fully saturated rings. The van der Waals surface area contributed by atoms with Crippen LogP contribution in [0, 0.1) is 5.41 Å². The number of alkyl carbamates (subject to hydrolysis) is 1. The van der Waals surface area contributed by atoms with E-state index >= 15 is 0 Å². The first-order valence-corrected chi connectivity index (χ1v) is 12.2. The lowest BCUT2D eigenvalue weighted by atomic mass is 9.88. The largest absolute Gasteiger partial charge is 0.445 e. The number of hydrogen-bond acceptors (Lipinski definition) is 4. The Morgan fingerprint density at radius 2 is 1.60 bits per heavy atom. The Labute approximate surface area is 208 Å². The van der Waals surface area contributed by atoms with Gasteiger partial charge >= 0.3 is 6.09 Å². The topological polar surface area (TPSA) is 79.0 Å². The van der Waals surface area contributed by atoms with Gasteiger partial charge in [-0.3, -0.25) is 9.59 Å². The van der Waals surface area contributed by atoms with Crippen LogP contribution in [0.4, 0.5) is 4.79 Å². The Morgan fingerprint density at radius 1 is 1.00 bits per heavy atom. The Morgan fingerprint density at radius 3 is 2.20 bits per heavy atom. The quantitative estimate of drug-likeness (QED) is 0.550. The average molecular weight is 480 g/mol. The number of rotatable bonds is 8. The molecule has 1 heterocycles. The van der Waals surface area contributed by atoms with Crippen molar-refractivity contribution in [1.82, 2.24) is 15.1 Å². The van der Waals surface area contributed by atoms with Gasteiger partial charge in [-0.1, -0.05) is 69.3 Å². The van der Waals surface area contributed by atoms with Crippen molar-refractivity contribution in [3.63, 3.8) is 0 Å². The molecule has 2 aromatic carbocycles. The summed E-state index contributed by atoms with van der Waals surface area (Å²) in [5, 5.41) is 2.77. The minimum atomic E-state index is -0.965. The van der Waals surface area contributed by atoms with Crippen LogP contribution in [0.5, 0.6) is 0 Å². The normalized spacial score (nSPS) is 20.1. The maximum atomic E-state index is 13.7. The molecule has 0 spiro atoms. The van der Waals surface area contributed by atoms with Crippen LogP contribution in [0.3, 0.4) is 0 Å². The van der Waals surface area contributed by atoms with E-state index in [0.29, 0.717) is 31.4 Å². The number of carbonyl (C=O) groups excluding carboxylic acids is 3. The summed E-state index contributed by atoms with van der Waals surface area (Å²) in [5.74, 6) is -0.203.